The second-order valence-corrected chi connectivity index (χ2v) is 4.80. The third kappa shape index (κ3) is 3.64. The van der Waals surface area contributed by atoms with Crippen molar-refractivity contribution in [3.63, 3.8) is 0 Å². The zero-order valence-corrected chi connectivity index (χ0v) is 10.9. The Morgan fingerprint density at radius 1 is 1.35 bits per heavy atom. The van der Waals surface area contributed by atoms with E-state index in [1.807, 2.05) is 24.3 Å². The minimum atomic E-state index is 0.589. The van der Waals surface area contributed by atoms with Gasteiger partial charge in [0.2, 0.25) is 5.89 Å². The molecule has 17 heavy (non-hydrogen) atoms. The molecule has 0 unspecified atom stereocenters. The van der Waals surface area contributed by atoms with E-state index in [1.165, 1.54) is 11.8 Å². The van der Waals surface area contributed by atoms with E-state index in [-0.39, 0.29) is 0 Å². The van der Waals surface area contributed by atoms with Gasteiger partial charge in [-0.1, -0.05) is 35.5 Å². The molecule has 1 N–H and O–H groups in total. The van der Waals surface area contributed by atoms with Crippen LogP contribution in [0.5, 0.6) is 0 Å². The summed E-state index contributed by atoms with van der Waals surface area (Å²) in [6.07, 6.45) is 0. The maximum absolute atomic E-state index is 6.01. The van der Waals surface area contributed by atoms with E-state index in [2.05, 4.69) is 15.5 Å². The van der Waals surface area contributed by atoms with Gasteiger partial charge >= 0.3 is 0 Å². The first-order chi connectivity index (χ1) is 8.25. The molecular formula is C11H12ClN3OS. The van der Waals surface area contributed by atoms with Gasteiger partial charge in [0, 0.05) is 19.2 Å². The number of halogens is 1. The summed E-state index contributed by atoms with van der Waals surface area (Å²) in [4.78, 5) is 0. The zero-order valence-electron chi connectivity index (χ0n) is 9.31. The maximum Gasteiger partial charge on any atom is 0.276 e. The van der Waals surface area contributed by atoms with Gasteiger partial charge in [-0.05, 0) is 12.1 Å². The summed E-state index contributed by atoms with van der Waals surface area (Å²) in [7, 11) is 0. The molecule has 0 fully saturated rings. The third-order valence-electron chi connectivity index (χ3n) is 2.02. The quantitative estimate of drug-likeness (QED) is 0.667. The molecule has 0 aliphatic heterocycles. The summed E-state index contributed by atoms with van der Waals surface area (Å²) in [5, 5.41) is 12.2. The SMILES string of the molecule is Cc1nnc(SCCNc2ccccc2Cl)o1. The molecule has 4 nitrogen and oxygen atoms in total. The van der Waals surface area contributed by atoms with Crippen LogP contribution in [-0.2, 0) is 0 Å². The molecule has 0 amide bonds. The first kappa shape index (κ1) is 12.3. The fourth-order valence-electron chi connectivity index (χ4n) is 1.27. The lowest BCUT2D eigenvalue weighted by Gasteiger charge is -2.06. The molecule has 2 aromatic rings. The highest BCUT2D eigenvalue weighted by Gasteiger charge is 2.02. The van der Waals surface area contributed by atoms with Gasteiger partial charge in [0.1, 0.15) is 0 Å². The van der Waals surface area contributed by atoms with E-state index >= 15 is 0 Å². The minimum Gasteiger partial charge on any atom is -0.416 e. The summed E-state index contributed by atoms with van der Waals surface area (Å²) in [6, 6.07) is 7.66. The smallest absolute Gasteiger partial charge is 0.276 e. The standard InChI is InChI=1S/C11H12ClN3OS/c1-8-14-15-11(16-8)17-7-6-13-10-5-3-2-4-9(10)12/h2-5,13H,6-7H2,1H3. The van der Waals surface area contributed by atoms with Crippen molar-refractivity contribution in [1.82, 2.24) is 10.2 Å². The normalized spacial score (nSPS) is 10.5. The lowest BCUT2D eigenvalue weighted by molar-refractivity contribution is 0.429. The van der Waals surface area contributed by atoms with Gasteiger partial charge in [0.25, 0.3) is 5.22 Å². The van der Waals surface area contributed by atoms with Crippen molar-refractivity contribution >= 4 is 29.1 Å². The predicted octanol–water partition coefficient (Wildman–Crippen LogP) is 3.24. The number of hydrogen-bond donors (Lipinski definition) is 1. The van der Waals surface area contributed by atoms with Crippen molar-refractivity contribution in [2.45, 2.75) is 12.1 Å². The van der Waals surface area contributed by atoms with E-state index in [9.17, 15) is 0 Å². The number of benzene rings is 1. The molecule has 0 atom stereocenters. The van der Waals surface area contributed by atoms with Gasteiger partial charge in [-0.25, -0.2) is 0 Å². The summed E-state index contributed by atoms with van der Waals surface area (Å²) >= 11 is 7.53. The largest absolute Gasteiger partial charge is 0.416 e. The Morgan fingerprint density at radius 3 is 2.88 bits per heavy atom. The Hall–Kier alpha value is -1.20. The molecule has 1 aromatic carbocycles. The Bertz CT molecular complexity index is 489. The highest BCUT2D eigenvalue weighted by molar-refractivity contribution is 7.99. The number of nitrogens with one attached hydrogen (secondary N) is 1. The van der Waals surface area contributed by atoms with Crippen LogP contribution in [0.25, 0.3) is 0 Å². The number of aromatic nitrogens is 2. The average Bonchev–Trinajstić information content (AvgIpc) is 2.73. The molecule has 0 radical (unpaired) electrons. The fourth-order valence-corrected chi connectivity index (χ4v) is 2.12. The number of para-hydroxylation sites is 1. The van der Waals surface area contributed by atoms with Gasteiger partial charge in [-0.2, -0.15) is 0 Å². The molecular weight excluding hydrogens is 258 g/mol. The first-order valence-corrected chi connectivity index (χ1v) is 6.53. The second-order valence-electron chi connectivity index (χ2n) is 3.34. The number of rotatable bonds is 5. The third-order valence-corrected chi connectivity index (χ3v) is 3.17. The number of nitrogens with zero attached hydrogens (tertiary/aromatic N) is 2. The fraction of sp³-hybridized carbons (Fsp3) is 0.273. The minimum absolute atomic E-state index is 0.589. The van der Waals surface area contributed by atoms with Crippen LogP contribution in [0.4, 0.5) is 5.69 Å². The van der Waals surface area contributed by atoms with Gasteiger partial charge in [-0.15, -0.1) is 10.2 Å². The van der Waals surface area contributed by atoms with E-state index < -0.39 is 0 Å². The summed E-state index contributed by atoms with van der Waals surface area (Å²) in [6.45, 7) is 2.56. The van der Waals surface area contributed by atoms with E-state index in [0.29, 0.717) is 11.1 Å². The van der Waals surface area contributed by atoms with Crippen LogP contribution in [0, 0.1) is 6.92 Å². The molecule has 0 spiro atoms. The zero-order chi connectivity index (χ0) is 12.1. The summed E-state index contributed by atoms with van der Waals surface area (Å²) in [5.74, 6) is 1.43. The van der Waals surface area contributed by atoms with Crippen molar-refractivity contribution in [3.05, 3.63) is 35.2 Å². The van der Waals surface area contributed by atoms with Crippen molar-refractivity contribution < 1.29 is 4.42 Å². The van der Waals surface area contributed by atoms with Crippen molar-refractivity contribution in [1.29, 1.82) is 0 Å². The molecule has 0 aliphatic rings. The number of hydrogen-bond acceptors (Lipinski definition) is 5. The monoisotopic (exact) mass is 269 g/mol. The summed E-state index contributed by atoms with van der Waals surface area (Å²) in [5.41, 5.74) is 0.941. The molecule has 0 aliphatic carbocycles. The number of anilines is 1. The van der Waals surface area contributed by atoms with Crippen LogP contribution >= 0.6 is 23.4 Å². The highest BCUT2D eigenvalue weighted by Crippen LogP contribution is 2.21. The van der Waals surface area contributed by atoms with Crippen molar-refractivity contribution in [2.75, 3.05) is 17.6 Å². The second kappa shape index (κ2) is 5.93. The first-order valence-electron chi connectivity index (χ1n) is 5.17. The van der Waals surface area contributed by atoms with Gasteiger partial charge < -0.3 is 9.73 Å². The molecule has 2 rings (SSSR count). The Morgan fingerprint density at radius 2 is 2.18 bits per heavy atom. The molecule has 1 heterocycles. The van der Waals surface area contributed by atoms with Crippen LogP contribution < -0.4 is 5.32 Å². The highest BCUT2D eigenvalue weighted by atomic mass is 35.5. The Kier molecular flexibility index (Phi) is 4.28. The van der Waals surface area contributed by atoms with Crippen LogP contribution in [0.1, 0.15) is 5.89 Å². The Labute approximate surface area is 109 Å². The van der Waals surface area contributed by atoms with Gasteiger partial charge in [0.15, 0.2) is 0 Å². The van der Waals surface area contributed by atoms with Crippen LogP contribution in [0.3, 0.4) is 0 Å². The van der Waals surface area contributed by atoms with Crippen molar-refractivity contribution in [3.8, 4) is 0 Å². The van der Waals surface area contributed by atoms with Gasteiger partial charge in [0.05, 0.1) is 10.7 Å². The average molecular weight is 270 g/mol. The predicted molar refractivity (Wildman–Crippen MR) is 69.7 cm³/mol. The van der Waals surface area contributed by atoms with Crippen LogP contribution in [-0.4, -0.2) is 22.5 Å². The molecule has 6 heteroatoms. The summed E-state index contributed by atoms with van der Waals surface area (Å²) < 4.78 is 5.25. The van der Waals surface area contributed by atoms with E-state index in [1.54, 1.807) is 6.92 Å². The van der Waals surface area contributed by atoms with Crippen LogP contribution in [0.15, 0.2) is 33.9 Å². The lowest BCUT2D eigenvalue weighted by atomic mass is 10.3. The Balaban J connectivity index is 1.75. The number of aryl methyl sites for hydroxylation is 1. The van der Waals surface area contributed by atoms with Crippen LogP contribution in [0.2, 0.25) is 5.02 Å². The maximum atomic E-state index is 6.01. The van der Waals surface area contributed by atoms with E-state index in [0.717, 1.165) is 23.0 Å². The molecule has 90 valence electrons. The molecule has 1 aromatic heterocycles. The van der Waals surface area contributed by atoms with Crippen molar-refractivity contribution in [2.24, 2.45) is 0 Å². The molecule has 0 saturated heterocycles. The lowest BCUT2D eigenvalue weighted by Crippen LogP contribution is -2.04. The topological polar surface area (TPSA) is 51.0 Å². The van der Waals surface area contributed by atoms with Gasteiger partial charge in [-0.3, -0.25) is 0 Å². The number of thioether (sulfide) groups is 1. The molecule has 0 saturated carbocycles. The molecule has 0 bridgehead atoms. The van der Waals surface area contributed by atoms with E-state index in [4.69, 9.17) is 16.0 Å².